The van der Waals surface area contributed by atoms with Crippen LogP contribution in [0.4, 0.5) is 0 Å². The first kappa shape index (κ1) is 17.9. The molecule has 0 N–H and O–H groups in total. The van der Waals surface area contributed by atoms with Crippen molar-refractivity contribution in [1.29, 1.82) is 0 Å². The Bertz CT molecular complexity index is 1090. The van der Waals surface area contributed by atoms with E-state index < -0.39 is 6.10 Å². The minimum Gasteiger partial charge on any atom is -0.482 e. The summed E-state index contributed by atoms with van der Waals surface area (Å²) in [6, 6.07) is 24.7. The van der Waals surface area contributed by atoms with E-state index in [0.717, 1.165) is 22.3 Å². The van der Waals surface area contributed by atoms with Gasteiger partial charge in [-0.2, -0.15) is 0 Å². The molecule has 4 aromatic rings. The van der Waals surface area contributed by atoms with Crippen LogP contribution in [-0.2, 0) is 0 Å². The Hall–Kier alpha value is -3.53. The maximum atomic E-state index is 12.6. The second-order valence-electron chi connectivity index (χ2n) is 6.51. The number of carbonyl (C=O) groups is 1. The van der Waals surface area contributed by atoms with Crippen molar-refractivity contribution >= 4 is 16.8 Å². The summed E-state index contributed by atoms with van der Waals surface area (Å²) in [7, 11) is 0. The standard InChI is InChI=1S/C24H20N2O2/c1-2-23(24(27)18-8-4-3-5-9-18)28-19-14-12-17(13-15-19)22-16-25-20-10-6-7-11-21(20)26-22/h3-16,23H,2H2,1H3. The third-order valence-electron chi connectivity index (χ3n) is 4.60. The molecule has 1 unspecified atom stereocenters. The molecule has 0 saturated heterocycles. The molecule has 138 valence electrons. The van der Waals surface area contributed by atoms with Crippen LogP contribution in [-0.4, -0.2) is 21.9 Å². The zero-order chi connectivity index (χ0) is 19.3. The van der Waals surface area contributed by atoms with Gasteiger partial charge in [0.2, 0.25) is 5.78 Å². The Morgan fingerprint density at radius 2 is 1.57 bits per heavy atom. The number of nitrogens with zero attached hydrogens (tertiary/aromatic N) is 2. The van der Waals surface area contributed by atoms with E-state index in [0.29, 0.717) is 17.7 Å². The Morgan fingerprint density at radius 1 is 0.893 bits per heavy atom. The summed E-state index contributed by atoms with van der Waals surface area (Å²) in [5.41, 5.74) is 4.15. The SMILES string of the molecule is CCC(Oc1ccc(-c2cnc3ccccc3n2)cc1)C(=O)c1ccccc1. The number of carbonyl (C=O) groups excluding carboxylic acids is 1. The Balaban J connectivity index is 1.52. The zero-order valence-electron chi connectivity index (χ0n) is 15.6. The number of para-hydroxylation sites is 2. The molecule has 1 aromatic heterocycles. The minimum atomic E-state index is -0.506. The summed E-state index contributed by atoms with van der Waals surface area (Å²) in [5, 5.41) is 0. The van der Waals surface area contributed by atoms with Crippen LogP contribution in [0.2, 0.25) is 0 Å². The summed E-state index contributed by atoms with van der Waals surface area (Å²) >= 11 is 0. The van der Waals surface area contributed by atoms with Gasteiger partial charge in [-0.3, -0.25) is 9.78 Å². The lowest BCUT2D eigenvalue weighted by atomic mass is 10.0. The lowest BCUT2D eigenvalue weighted by molar-refractivity contribution is 0.0786. The fraction of sp³-hybridized carbons (Fsp3) is 0.125. The van der Waals surface area contributed by atoms with Crippen LogP contribution in [0.1, 0.15) is 23.7 Å². The smallest absolute Gasteiger partial charge is 0.203 e. The molecule has 0 aliphatic heterocycles. The highest BCUT2D eigenvalue weighted by Gasteiger charge is 2.20. The van der Waals surface area contributed by atoms with Crippen molar-refractivity contribution in [3.8, 4) is 17.0 Å². The van der Waals surface area contributed by atoms with Crippen LogP contribution in [0.15, 0.2) is 85.1 Å². The number of fused-ring (bicyclic) bond motifs is 1. The van der Waals surface area contributed by atoms with E-state index in [9.17, 15) is 4.79 Å². The summed E-state index contributed by atoms with van der Waals surface area (Å²) in [5.74, 6) is 0.654. The molecule has 0 aliphatic carbocycles. The Labute approximate surface area is 163 Å². The van der Waals surface area contributed by atoms with Crippen molar-refractivity contribution < 1.29 is 9.53 Å². The molecule has 0 saturated carbocycles. The number of aromatic nitrogens is 2. The number of ether oxygens (including phenoxy) is 1. The van der Waals surface area contributed by atoms with E-state index in [4.69, 9.17) is 4.74 Å². The molecule has 28 heavy (non-hydrogen) atoms. The molecule has 0 amide bonds. The number of Topliss-reactive ketones (excluding diaryl/α,β-unsaturated/α-hetero) is 1. The van der Waals surface area contributed by atoms with Gasteiger partial charge in [-0.05, 0) is 42.8 Å². The highest BCUT2D eigenvalue weighted by Crippen LogP contribution is 2.23. The van der Waals surface area contributed by atoms with E-state index in [1.807, 2.05) is 85.8 Å². The predicted molar refractivity (Wildman–Crippen MR) is 110 cm³/mol. The van der Waals surface area contributed by atoms with Gasteiger partial charge in [-0.25, -0.2) is 4.98 Å². The van der Waals surface area contributed by atoms with E-state index in [-0.39, 0.29) is 5.78 Å². The monoisotopic (exact) mass is 368 g/mol. The summed E-state index contributed by atoms with van der Waals surface area (Å²) in [6.07, 6.45) is 1.87. The van der Waals surface area contributed by atoms with E-state index >= 15 is 0 Å². The third-order valence-corrected chi connectivity index (χ3v) is 4.60. The summed E-state index contributed by atoms with van der Waals surface area (Å²) < 4.78 is 5.96. The third kappa shape index (κ3) is 3.76. The van der Waals surface area contributed by atoms with Gasteiger partial charge in [0.25, 0.3) is 0 Å². The van der Waals surface area contributed by atoms with Crippen LogP contribution >= 0.6 is 0 Å². The lowest BCUT2D eigenvalue weighted by Gasteiger charge is -2.17. The minimum absolute atomic E-state index is 0.00688. The van der Waals surface area contributed by atoms with E-state index in [1.165, 1.54) is 0 Å². The molecule has 0 bridgehead atoms. The molecular formula is C24H20N2O2. The van der Waals surface area contributed by atoms with E-state index in [1.54, 1.807) is 6.20 Å². The first-order valence-electron chi connectivity index (χ1n) is 9.33. The number of hydrogen-bond donors (Lipinski definition) is 0. The topological polar surface area (TPSA) is 52.1 Å². The van der Waals surface area contributed by atoms with Crippen molar-refractivity contribution in [3.05, 3.63) is 90.6 Å². The van der Waals surface area contributed by atoms with Gasteiger partial charge in [-0.15, -0.1) is 0 Å². The van der Waals surface area contributed by atoms with Gasteiger partial charge >= 0.3 is 0 Å². The van der Waals surface area contributed by atoms with Gasteiger partial charge in [0, 0.05) is 11.1 Å². The lowest BCUT2D eigenvalue weighted by Crippen LogP contribution is -2.26. The Morgan fingerprint density at radius 3 is 2.29 bits per heavy atom. The normalized spacial score (nSPS) is 11.9. The van der Waals surface area contributed by atoms with Crippen LogP contribution in [0.25, 0.3) is 22.3 Å². The molecular weight excluding hydrogens is 348 g/mol. The van der Waals surface area contributed by atoms with Gasteiger partial charge in [-0.1, -0.05) is 49.4 Å². The quantitative estimate of drug-likeness (QED) is 0.431. The average Bonchev–Trinajstić information content (AvgIpc) is 2.77. The second-order valence-corrected chi connectivity index (χ2v) is 6.51. The van der Waals surface area contributed by atoms with Crippen LogP contribution in [0, 0.1) is 0 Å². The molecule has 1 heterocycles. The average molecular weight is 368 g/mol. The molecule has 0 aliphatic rings. The first-order chi connectivity index (χ1) is 13.7. The highest BCUT2D eigenvalue weighted by molar-refractivity contribution is 5.99. The molecule has 4 nitrogen and oxygen atoms in total. The largest absolute Gasteiger partial charge is 0.482 e. The maximum Gasteiger partial charge on any atom is 0.203 e. The van der Waals surface area contributed by atoms with Crippen LogP contribution in [0.3, 0.4) is 0 Å². The number of ketones is 1. The van der Waals surface area contributed by atoms with E-state index in [2.05, 4.69) is 9.97 Å². The summed E-state index contributed by atoms with van der Waals surface area (Å²) in [4.78, 5) is 21.8. The fourth-order valence-corrected chi connectivity index (χ4v) is 3.08. The highest BCUT2D eigenvalue weighted by atomic mass is 16.5. The Kier molecular flexibility index (Phi) is 5.11. The first-order valence-corrected chi connectivity index (χ1v) is 9.33. The van der Waals surface area contributed by atoms with Gasteiger partial charge in [0.05, 0.1) is 22.9 Å². The molecule has 1 atom stereocenters. The van der Waals surface area contributed by atoms with Crippen molar-refractivity contribution in [2.75, 3.05) is 0 Å². The predicted octanol–water partition coefficient (Wildman–Crippen LogP) is 5.34. The van der Waals surface area contributed by atoms with Gasteiger partial charge < -0.3 is 4.74 Å². The number of rotatable bonds is 6. The van der Waals surface area contributed by atoms with Crippen molar-refractivity contribution in [2.24, 2.45) is 0 Å². The molecule has 0 radical (unpaired) electrons. The van der Waals surface area contributed by atoms with Crippen molar-refractivity contribution in [3.63, 3.8) is 0 Å². The van der Waals surface area contributed by atoms with Gasteiger partial charge in [0.1, 0.15) is 5.75 Å². The molecule has 0 fully saturated rings. The maximum absolute atomic E-state index is 12.6. The van der Waals surface area contributed by atoms with Crippen molar-refractivity contribution in [1.82, 2.24) is 9.97 Å². The molecule has 0 spiro atoms. The zero-order valence-corrected chi connectivity index (χ0v) is 15.6. The molecule has 4 heteroatoms. The summed E-state index contributed by atoms with van der Waals surface area (Å²) in [6.45, 7) is 1.95. The fourth-order valence-electron chi connectivity index (χ4n) is 3.08. The van der Waals surface area contributed by atoms with Crippen LogP contribution < -0.4 is 4.74 Å². The van der Waals surface area contributed by atoms with Crippen molar-refractivity contribution in [2.45, 2.75) is 19.4 Å². The van der Waals surface area contributed by atoms with Gasteiger partial charge in [0.15, 0.2) is 6.10 Å². The number of benzene rings is 3. The molecule has 4 rings (SSSR count). The molecule has 3 aromatic carbocycles. The number of hydrogen-bond acceptors (Lipinski definition) is 4. The second kappa shape index (κ2) is 8.01. The van der Waals surface area contributed by atoms with Crippen LogP contribution in [0.5, 0.6) is 5.75 Å².